The Hall–Kier alpha value is 0.170. The third-order valence-electron chi connectivity index (χ3n) is 2.31. The maximum atomic E-state index is 6.12. The van der Waals surface area contributed by atoms with Crippen LogP contribution in [0.3, 0.4) is 0 Å². The Morgan fingerprint density at radius 1 is 1.40 bits per heavy atom. The fraction of sp³-hybridized carbons (Fsp3) is 0.273. The Morgan fingerprint density at radius 3 is 2.60 bits per heavy atom. The van der Waals surface area contributed by atoms with E-state index in [1.54, 1.807) is 11.3 Å². The van der Waals surface area contributed by atoms with Crippen LogP contribution in [0.2, 0.25) is 5.02 Å². The second kappa shape index (κ2) is 4.58. The molecule has 1 unspecified atom stereocenters. The number of halogens is 2. The summed E-state index contributed by atoms with van der Waals surface area (Å²) < 4.78 is 0. The van der Waals surface area contributed by atoms with Crippen LogP contribution in [0, 0.1) is 13.8 Å². The summed E-state index contributed by atoms with van der Waals surface area (Å²) in [4.78, 5) is 4.14. The molecule has 0 saturated heterocycles. The fourth-order valence-corrected chi connectivity index (χ4v) is 4.72. The SMILES string of the molecule is Cc1cc(C(Br)c2sccc2Cl)sc1C. The van der Waals surface area contributed by atoms with Crippen LogP contribution in [0.1, 0.15) is 25.0 Å². The Labute approximate surface area is 111 Å². The summed E-state index contributed by atoms with van der Waals surface area (Å²) >= 11 is 13.4. The van der Waals surface area contributed by atoms with E-state index in [0.717, 1.165) is 5.02 Å². The molecule has 0 saturated carbocycles. The van der Waals surface area contributed by atoms with Gasteiger partial charge in [-0.15, -0.1) is 22.7 Å². The molecule has 1 atom stereocenters. The van der Waals surface area contributed by atoms with Gasteiger partial charge in [-0.3, -0.25) is 0 Å². The quantitative estimate of drug-likeness (QED) is 0.635. The zero-order chi connectivity index (χ0) is 11.0. The molecule has 0 bridgehead atoms. The van der Waals surface area contributed by atoms with Crippen LogP contribution < -0.4 is 0 Å². The average molecular weight is 322 g/mol. The summed E-state index contributed by atoms with van der Waals surface area (Å²) in [6.45, 7) is 4.30. The van der Waals surface area contributed by atoms with Crippen molar-refractivity contribution in [1.82, 2.24) is 0 Å². The van der Waals surface area contributed by atoms with Crippen LogP contribution in [0.25, 0.3) is 0 Å². The molecule has 2 rings (SSSR count). The number of thiophene rings is 2. The molecule has 0 spiro atoms. The minimum Gasteiger partial charge on any atom is -0.146 e. The van der Waals surface area contributed by atoms with Crippen LogP contribution in [0.15, 0.2) is 17.5 Å². The zero-order valence-corrected chi connectivity index (χ0v) is 12.4. The van der Waals surface area contributed by atoms with Crippen molar-refractivity contribution in [2.75, 3.05) is 0 Å². The Balaban J connectivity index is 2.36. The van der Waals surface area contributed by atoms with Gasteiger partial charge in [-0.1, -0.05) is 27.5 Å². The van der Waals surface area contributed by atoms with Crippen LogP contribution in [-0.2, 0) is 0 Å². The zero-order valence-electron chi connectivity index (χ0n) is 8.38. The fourth-order valence-electron chi connectivity index (χ4n) is 1.34. The van der Waals surface area contributed by atoms with Gasteiger partial charge in [0, 0.05) is 14.6 Å². The highest BCUT2D eigenvalue weighted by Crippen LogP contribution is 2.41. The van der Waals surface area contributed by atoms with E-state index < -0.39 is 0 Å². The smallest absolute Gasteiger partial charge is 0.0846 e. The molecule has 0 nitrogen and oxygen atoms in total. The second-order valence-corrected chi connectivity index (χ2v) is 6.94. The van der Waals surface area contributed by atoms with Gasteiger partial charge in [0.05, 0.1) is 9.85 Å². The lowest BCUT2D eigenvalue weighted by Crippen LogP contribution is -1.85. The van der Waals surface area contributed by atoms with Crippen molar-refractivity contribution in [2.45, 2.75) is 18.7 Å². The first-order valence-corrected chi connectivity index (χ1v) is 7.52. The van der Waals surface area contributed by atoms with Gasteiger partial charge in [0.25, 0.3) is 0 Å². The Bertz CT molecular complexity index is 453. The van der Waals surface area contributed by atoms with E-state index in [-0.39, 0.29) is 4.83 Å². The molecule has 0 aromatic carbocycles. The topological polar surface area (TPSA) is 0 Å². The highest BCUT2D eigenvalue weighted by molar-refractivity contribution is 9.09. The van der Waals surface area contributed by atoms with Gasteiger partial charge in [0.15, 0.2) is 0 Å². The van der Waals surface area contributed by atoms with E-state index in [1.807, 2.05) is 22.8 Å². The van der Waals surface area contributed by atoms with Crippen LogP contribution in [-0.4, -0.2) is 0 Å². The van der Waals surface area contributed by atoms with E-state index in [1.165, 1.54) is 20.2 Å². The van der Waals surface area contributed by atoms with Gasteiger partial charge in [-0.05, 0) is 36.9 Å². The van der Waals surface area contributed by atoms with Crippen LogP contribution >= 0.6 is 50.2 Å². The summed E-state index contributed by atoms with van der Waals surface area (Å²) in [7, 11) is 0. The van der Waals surface area contributed by atoms with Crippen LogP contribution in [0.5, 0.6) is 0 Å². The number of aryl methyl sites for hydroxylation is 2. The van der Waals surface area contributed by atoms with Crippen molar-refractivity contribution in [3.8, 4) is 0 Å². The molecular formula is C11H10BrClS2. The second-order valence-electron chi connectivity index (χ2n) is 3.38. The first-order valence-electron chi connectivity index (χ1n) is 4.53. The third kappa shape index (κ3) is 2.31. The molecule has 0 N–H and O–H groups in total. The largest absolute Gasteiger partial charge is 0.146 e. The van der Waals surface area contributed by atoms with E-state index in [0.29, 0.717) is 0 Å². The molecule has 2 aromatic heterocycles. The first-order chi connectivity index (χ1) is 7.09. The van der Waals surface area contributed by atoms with E-state index >= 15 is 0 Å². The monoisotopic (exact) mass is 320 g/mol. The van der Waals surface area contributed by atoms with Gasteiger partial charge in [0.2, 0.25) is 0 Å². The molecule has 80 valence electrons. The van der Waals surface area contributed by atoms with Crippen molar-refractivity contribution in [1.29, 1.82) is 0 Å². The number of hydrogen-bond acceptors (Lipinski definition) is 2. The van der Waals surface area contributed by atoms with Crippen molar-refractivity contribution in [2.24, 2.45) is 0 Å². The minimum atomic E-state index is 0.238. The average Bonchev–Trinajstić information content (AvgIpc) is 2.74. The van der Waals surface area contributed by atoms with Gasteiger partial charge >= 0.3 is 0 Å². The molecule has 2 heterocycles. The molecule has 0 aliphatic carbocycles. The predicted octanol–water partition coefficient (Wildman–Crippen LogP) is 5.56. The van der Waals surface area contributed by atoms with Gasteiger partial charge in [-0.2, -0.15) is 0 Å². The van der Waals surface area contributed by atoms with E-state index in [2.05, 4.69) is 35.8 Å². The summed E-state index contributed by atoms with van der Waals surface area (Å²) in [6, 6.07) is 4.18. The summed E-state index contributed by atoms with van der Waals surface area (Å²) in [5, 5.41) is 2.88. The van der Waals surface area contributed by atoms with E-state index in [4.69, 9.17) is 11.6 Å². The van der Waals surface area contributed by atoms with Crippen LogP contribution in [0.4, 0.5) is 0 Å². The summed E-state index contributed by atoms with van der Waals surface area (Å²) in [5.41, 5.74) is 1.35. The number of rotatable bonds is 2. The molecule has 0 amide bonds. The van der Waals surface area contributed by atoms with Gasteiger partial charge in [-0.25, -0.2) is 0 Å². The minimum absolute atomic E-state index is 0.238. The predicted molar refractivity (Wildman–Crippen MR) is 73.9 cm³/mol. The van der Waals surface area contributed by atoms with E-state index in [9.17, 15) is 0 Å². The molecule has 15 heavy (non-hydrogen) atoms. The maximum absolute atomic E-state index is 6.12. The first kappa shape index (κ1) is 11.6. The van der Waals surface area contributed by atoms with Gasteiger partial charge in [0.1, 0.15) is 0 Å². The van der Waals surface area contributed by atoms with Crippen molar-refractivity contribution in [3.05, 3.63) is 42.7 Å². The molecule has 4 heteroatoms. The Kier molecular flexibility index (Phi) is 3.56. The molecule has 0 aliphatic heterocycles. The number of hydrogen-bond donors (Lipinski definition) is 0. The molecule has 0 fully saturated rings. The Morgan fingerprint density at radius 2 is 2.13 bits per heavy atom. The van der Waals surface area contributed by atoms with Crippen molar-refractivity contribution < 1.29 is 0 Å². The van der Waals surface area contributed by atoms with Crippen molar-refractivity contribution >= 4 is 50.2 Å². The van der Waals surface area contributed by atoms with Gasteiger partial charge < -0.3 is 0 Å². The summed E-state index contributed by atoms with van der Waals surface area (Å²) in [6.07, 6.45) is 0. The lowest BCUT2D eigenvalue weighted by molar-refractivity contribution is 1.28. The standard InChI is InChI=1S/C11H10BrClS2/c1-6-5-9(15-7(6)2)10(12)11-8(13)3-4-14-11/h3-5,10H,1-2H3. The lowest BCUT2D eigenvalue weighted by atomic mass is 10.2. The maximum Gasteiger partial charge on any atom is 0.0846 e. The van der Waals surface area contributed by atoms with Crippen molar-refractivity contribution in [3.63, 3.8) is 0 Å². The molecular weight excluding hydrogens is 312 g/mol. The normalized spacial score (nSPS) is 13.1. The highest BCUT2D eigenvalue weighted by atomic mass is 79.9. The number of alkyl halides is 1. The summed E-state index contributed by atoms with van der Waals surface area (Å²) in [5.74, 6) is 0. The lowest BCUT2D eigenvalue weighted by Gasteiger charge is -2.05. The highest BCUT2D eigenvalue weighted by Gasteiger charge is 2.17. The molecule has 0 aliphatic rings. The molecule has 0 radical (unpaired) electrons. The third-order valence-corrected chi connectivity index (χ3v) is 6.51. The molecule has 2 aromatic rings.